The molecule has 1 atom stereocenters. The number of carbonyl (C=O) groups is 2. The third kappa shape index (κ3) is 7.61. The van der Waals surface area contributed by atoms with Crippen LogP contribution in [0.4, 0.5) is 0 Å². The van der Waals surface area contributed by atoms with E-state index in [1.807, 2.05) is 52.0 Å². The van der Waals surface area contributed by atoms with Gasteiger partial charge in [-0.3, -0.25) is 9.59 Å². The number of ether oxygens (including phenoxy) is 2. The van der Waals surface area contributed by atoms with Crippen molar-refractivity contribution in [1.29, 1.82) is 0 Å². The minimum Gasteiger partial charge on any atom is -0.497 e. The summed E-state index contributed by atoms with van der Waals surface area (Å²) in [6.07, 6.45) is 0.444. The zero-order valence-corrected chi connectivity index (χ0v) is 20.6. The average molecular weight is 481 g/mol. The predicted octanol–water partition coefficient (Wildman–Crippen LogP) is 5.10. The largest absolute Gasteiger partial charge is 0.497 e. The maximum absolute atomic E-state index is 13.2. The molecule has 0 unspecified atom stereocenters. The van der Waals surface area contributed by atoms with Crippen LogP contribution in [-0.2, 0) is 16.1 Å². The summed E-state index contributed by atoms with van der Waals surface area (Å²) < 4.78 is 10.9. The van der Waals surface area contributed by atoms with Crippen LogP contribution in [0, 0.1) is 0 Å². The highest BCUT2D eigenvalue weighted by atomic mass is 35.5. The van der Waals surface area contributed by atoms with Crippen LogP contribution in [0.1, 0.15) is 39.7 Å². The van der Waals surface area contributed by atoms with E-state index >= 15 is 0 Å². The monoisotopic (exact) mass is 480 g/mol. The summed E-state index contributed by atoms with van der Waals surface area (Å²) in [5.41, 5.74) is 0.409. The third-order valence-electron chi connectivity index (χ3n) is 4.62. The fourth-order valence-electron chi connectivity index (χ4n) is 3.15. The van der Waals surface area contributed by atoms with Gasteiger partial charge in [0.15, 0.2) is 6.61 Å². The van der Waals surface area contributed by atoms with E-state index in [0.29, 0.717) is 28.0 Å². The minimum absolute atomic E-state index is 0.222. The first kappa shape index (κ1) is 25.8. The maximum Gasteiger partial charge on any atom is 0.261 e. The number of hydrogen-bond acceptors (Lipinski definition) is 4. The van der Waals surface area contributed by atoms with Gasteiger partial charge in [0.25, 0.3) is 5.91 Å². The van der Waals surface area contributed by atoms with Gasteiger partial charge in [0.05, 0.1) is 12.1 Å². The standard InChI is InChI=1S/C24H30Cl2N2O4/c1-6-20(23(30)27-24(2,3)4)28(14-16-8-7-9-18(12-16)31-5)22(29)15-32-21-11-10-17(25)13-19(21)26/h7-13,20H,6,14-15H2,1-5H3,(H,27,30)/t20-/m1/s1. The van der Waals surface area contributed by atoms with Gasteiger partial charge < -0.3 is 19.7 Å². The second kappa shape index (κ2) is 11.4. The van der Waals surface area contributed by atoms with E-state index in [4.69, 9.17) is 32.7 Å². The third-order valence-corrected chi connectivity index (χ3v) is 5.15. The maximum atomic E-state index is 13.2. The molecule has 174 valence electrons. The van der Waals surface area contributed by atoms with Gasteiger partial charge in [-0.2, -0.15) is 0 Å². The number of carbonyl (C=O) groups excluding carboxylic acids is 2. The molecular formula is C24H30Cl2N2O4. The highest BCUT2D eigenvalue weighted by Gasteiger charge is 2.31. The summed E-state index contributed by atoms with van der Waals surface area (Å²) >= 11 is 12.1. The van der Waals surface area contributed by atoms with Crippen molar-refractivity contribution >= 4 is 35.0 Å². The second-order valence-electron chi connectivity index (χ2n) is 8.40. The highest BCUT2D eigenvalue weighted by molar-refractivity contribution is 6.35. The molecule has 2 amide bonds. The molecule has 0 radical (unpaired) electrons. The van der Waals surface area contributed by atoms with Crippen LogP contribution in [0.25, 0.3) is 0 Å². The molecule has 2 aromatic rings. The lowest BCUT2D eigenvalue weighted by Crippen LogP contribution is -2.54. The Balaban J connectivity index is 2.28. The molecule has 0 fully saturated rings. The summed E-state index contributed by atoms with van der Waals surface area (Å²) in [5.74, 6) is 0.458. The molecule has 2 rings (SSSR count). The lowest BCUT2D eigenvalue weighted by Gasteiger charge is -2.33. The molecule has 0 bridgehead atoms. The zero-order valence-electron chi connectivity index (χ0n) is 19.1. The van der Waals surface area contributed by atoms with Crippen LogP contribution >= 0.6 is 23.2 Å². The molecule has 6 nitrogen and oxygen atoms in total. The van der Waals surface area contributed by atoms with Gasteiger partial charge in [-0.25, -0.2) is 0 Å². The van der Waals surface area contributed by atoms with Crippen LogP contribution in [0.3, 0.4) is 0 Å². The number of nitrogens with zero attached hydrogens (tertiary/aromatic N) is 1. The molecule has 0 aliphatic carbocycles. The molecule has 0 heterocycles. The number of methoxy groups -OCH3 is 1. The van der Waals surface area contributed by atoms with Crippen molar-refractivity contribution in [3.63, 3.8) is 0 Å². The Morgan fingerprint density at radius 3 is 2.44 bits per heavy atom. The lowest BCUT2D eigenvalue weighted by atomic mass is 10.1. The fraction of sp³-hybridized carbons (Fsp3) is 0.417. The SMILES string of the molecule is CC[C@H](C(=O)NC(C)(C)C)N(Cc1cccc(OC)c1)C(=O)COc1ccc(Cl)cc1Cl. The van der Waals surface area contributed by atoms with E-state index < -0.39 is 11.6 Å². The second-order valence-corrected chi connectivity index (χ2v) is 9.24. The number of rotatable bonds is 9. The zero-order chi connectivity index (χ0) is 23.9. The van der Waals surface area contributed by atoms with Gasteiger partial charge in [0.2, 0.25) is 5.91 Å². The van der Waals surface area contributed by atoms with Gasteiger partial charge in [-0.05, 0) is 63.1 Å². The lowest BCUT2D eigenvalue weighted by molar-refractivity contribution is -0.143. The first-order chi connectivity index (χ1) is 15.0. The molecular weight excluding hydrogens is 451 g/mol. The van der Waals surface area contributed by atoms with Gasteiger partial charge in [-0.1, -0.05) is 42.3 Å². The number of halogens is 2. The topological polar surface area (TPSA) is 67.9 Å². The fourth-order valence-corrected chi connectivity index (χ4v) is 3.62. The van der Waals surface area contributed by atoms with Gasteiger partial charge >= 0.3 is 0 Å². The van der Waals surface area contributed by atoms with Crippen molar-refractivity contribution in [2.75, 3.05) is 13.7 Å². The Hall–Kier alpha value is -2.44. The molecule has 8 heteroatoms. The number of hydrogen-bond donors (Lipinski definition) is 1. The van der Waals surface area contributed by atoms with Crippen LogP contribution < -0.4 is 14.8 Å². The number of amides is 2. The molecule has 0 saturated heterocycles. The van der Waals surface area contributed by atoms with Crippen LogP contribution in [0.2, 0.25) is 10.0 Å². The molecule has 0 spiro atoms. The quantitative estimate of drug-likeness (QED) is 0.541. The normalized spacial score (nSPS) is 12.1. The van der Waals surface area contributed by atoms with Crippen molar-refractivity contribution in [1.82, 2.24) is 10.2 Å². The Morgan fingerprint density at radius 1 is 1.12 bits per heavy atom. The Labute approximate surface area is 199 Å². The van der Waals surface area contributed by atoms with Crippen LogP contribution in [0.5, 0.6) is 11.5 Å². The Kier molecular flexibility index (Phi) is 9.22. The summed E-state index contributed by atoms with van der Waals surface area (Å²) in [7, 11) is 1.58. The van der Waals surface area contributed by atoms with E-state index in [0.717, 1.165) is 5.56 Å². The number of nitrogens with one attached hydrogen (secondary N) is 1. The van der Waals surface area contributed by atoms with Crippen LogP contribution in [-0.4, -0.2) is 42.0 Å². The predicted molar refractivity (Wildman–Crippen MR) is 127 cm³/mol. The van der Waals surface area contributed by atoms with Gasteiger partial charge in [0.1, 0.15) is 17.5 Å². The van der Waals surface area contributed by atoms with E-state index in [9.17, 15) is 9.59 Å². The van der Waals surface area contributed by atoms with Crippen molar-refractivity contribution < 1.29 is 19.1 Å². The van der Waals surface area contributed by atoms with E-state index in [1.165, 1.54) is 4.90 Å². The minimum atomic E-state index is -0.669. The summed E-state index contributed by atoms with van der Waals surface area (Å²) in [6, 6.07) is 11.5. The molecule has 32 heavy (non-hydrogen) atoms. The molecule has 2 aromatic carbocycles. The Bertz CT molecular complexity index is 944. The van der Waals surface area contributed by atoms with Crippen molar-refractivity contribution in [3.05, 3.63) is 58.1 Å². The molecule has 1 N–H and O–H groups in total. The van der Waals surface area contributed by atoms with E-state index in [-0.39, 0.29) is 25.0 Å². The van der Waals surface area contributed by atoms with E-state index in [1.54, 1.807) is 25.3 Å². The van der Waals surface area contributed by atoms with Crippen molar-refractivity contribution in [2.24, 2.45) is 0 Å². The summed E-state index contributed by atoms with van der Waals surface area (Å²) in [6.45, 7) is 7.52. The first-order valence-electron chi connectivity index (χ1n) is 10.4. The molecule has 0 saturated carbocycles. The van der Waals surface area contributed by atoms with Crippen LogP contribution in [0.15, 0.2) is 42.5 Å². The number of benzene rings is 2. The first-order valence-corrected chi connectivity index (χ1v) is 11.1. The van der Waals surface area contributed by atoms with Gasteiger partial charge in [-0.15, -0.1) is 0 Å². The highest BCUT2D eigenvalue weighted by Crippen LogP contribution is 2.27. The molecule has 0 aromatic heterocycles. The Morgan fingerprint density at radius 2 is 1.84 bits per heavy atom. The molecule has 0 aliphatic heterocycles. The molecule has 0 aliphatic rings. The van der Waals surface area contributed by atoms with Gasteiger partial charge in [0, 0.05) is 17.1 Å². The van der Waals surface area contributed by atoms with E-state index in [2.05, 4.69) is 5.32 Å². The summed E-state index contributed by atoms with van der Waals surface area (Å²) in [4.78, 5) is 27.8. The summed E-state index contributed by atoms with van der Waals surface area (Å²) in [5, 5.41) is 3.75. The van der Waals surface area contributed by atoms with Crippen molar-refractivity contribution in [2.45, 2.75) is 52.2 Å². The van der Waals surface area contributed by atoms with Crippen molar-refractivity contribution in [3.8, 4) is 11.5 Å². The smallest absolute Gasteiger partial charge is 0.261 e. The average Bonchev–Trinajstić information content (AvgIpc) is 2.71.